The second-order valence-corrected chi connectivity index (χ2v) is 5.39. The number of nitrogens with zero attached hydrogens (tertiary/aromatic N) is 3. The normalized spacial score (nSPS) is 12.5. The highest BCUT2D eigenvalue weighted by Gasteiger charge is 2.19. The lowest BCUT2D eigenvalue weighted by atomic mass is 10.2. The lowest BCUT2D eigenvalue weighted by Gasteiger charge is -2.09. The van der Waals surface area contributed by atoms with E-state index in [2.05, 4.69) is 33.4 Å². The zero-order valence-corrected chi connectivity index (χ0v) is 11.4. The topological polar surface area (TPSA) is 94.1 Å². The van der Waals surface area contributed by atoms with Gasteiger partial charge in [-0.2, -0.15) is 11.8 Å². The molecule has 0 spiro atoms. The number of anilines is 1. The van der Waals surface area contributed by atoms with Gasteiger partial charge in [-0.05, 0) is 29.1 Å². The molecule has 0 radical (unpaired) electrons. The van der Waals surface area contributed by atoms with Crippen LogP contribution in [-0.2, 0) is 0 Å². The summed E-state index contributed by atoms with van der Waals surface area (Å²) in [7, 11) is 0. The summed E-state index contributed by atoms with van der Waals surface area (Å²) in [5.74, 6) is 0. The molecule has 0 aliphatic carbocycles. The fraction of sp³-hybridized carbons (Fsp3) is 0.455. The molecule has 7 nitrogen and oxygen atoms in total. The van der Waals surface area contributed by atoms with E-state index in [-0.39, 0.29) is 11.2 Å². The summed E-state index contributed by atoms with van der Waals surface area (Å²) < 4.78 is 4.60. The fourth-order valence-corrected chi connectivity index (χ4v) is 2.02. The van der Waals surface area contributed by atoms with Gasteiger partial charge in [0.05, 0.1) is 10.6 Å². The van der Waals surface area contributed by atoms with E-state index in [0.29, 0.717) is 16.5 Å². The Morgan fingerprint density at radius 3 is 2.89 bits per heavy atom. The molecule has 102 valence electrons. The van der Waals surface area contributed by atoms with Gasteiger partial charge in [0.2, 0.25) is 5.52 Å². The van der Waals surface area contributed by atoms with Crippen LogP contribution < -0.4 is 5.32 Å². The molecule has 2 rings (SSSR count). The number of nitrogens with one attached hydrogen (secondary N) is 1. The lowest BCUT2D eigenvalue weighted by molar-refractivity contribution is -0.383. The molecule has 2 aromatic rings. The van der Waals surface area contributed by atoms with Crippen molar-refractivity contribution in [2.24, 2.45) is 0 Å². The lowest BCUT2D eigenvalue weighted by Crippen LogP contribution is -2.08. The van der Waals surface area contributed by atoms with Crippen LogP contribution in [0.1, 0.15) is 13.3 Å². The minimum atomic E-state index is -0.494. The van der Waals surface area contributed by atoms with Crippen LogP contribution in [0.4, 0.5) is 11.4 Å². The quantitative estimate of drug-likeness (QED) is 0.643. The molecule has 19 heavy (non-hydrogen) atoms. The first-order chi connectivity index (χ1) is 9.13. The summed E-state index contributed by atoms with van der Waals surface area (Å²) in [6.45, 7) is 2.91. The number of hydrogen-bond acceptors (Lipinski definition) is 7. The molecule has 0 fully saturated rings. The van der Waals surface area contributed by atoms with Crippen LogP contribution in [0.15, 0.2) is 16.8 Å². The molecule has 0 amide bonds. The molecular weight excluding hydrogens is 268 g/mol. The molecule has 1 heterocycles. The van der Waals surface area contributed by atoms with Crippen LogP contribution in [0.2, 0.25) is 0 Å². The predicted molar refractivity (Wildman–Crippen MR) is 74.5 cm³/mol. The minimum absolute atomic E-state index is 0.0979. The molecule has 0 saturated heterocycles. The van der Waals surface area contributed by atoms with Gasteiger partial charge in [0.15, 0.2) is 5.52 Å². The summed E-state index contributed by atoms with van der Waals surface area (Å²) >= 11 is 1.80. The van der Waals surface area contributed by atoms with Gasteiger partial charge < -0.3 is 5.32 Å². The SMILES string of the molecule is CSC(C)CCNc1ccc([N+](=O)[O-])c2nonc12. The molecule has 8 heteroatoms. The number of fused-ring (bicyclic) bond motifs is 1. The number of aromatic nitrogens is 2. The number of benzene rings is 1. The zero-order chi connectivity index (χ0) is 13.8. The maximum atomic E-state index is 10.8. The van der Waals surface area contributed by atoms with Crippen LogP contribution in [0.3, 0.4) is 0 Å². The molecular formula is C11H14N4O3S. The summed E-state index contributed by atoms with van der Waals surface area (Å²) in [4.78, 5) is 10.3. The monoisotopic (exact) mass is 282 g/mol. The van der Waals surface area contributed by atoms with Gasteiger partial charge >= 0.3 is 5.69 Å². The predicted octanol–water partition coefficient (Wildman–Crippen LogP) is 2.68. The first-order valence-electron chi connectivity index (χ1n) is 5.79. The molecule has 0 saturated carbocycles. The molecule has 0 bridgehead atoms. The van der Waals surface area contributed by atoms with E-state index in [0.717, 1.165) is 13.0 Å². The second-order valence-electron chi connectivity index (χ2n) is 4.11. The third kappa shape index (κ3) is 2.95. The van der Waals surface area contributed by atoms with Crippen molar-refractivity contribution in [2.45, 2.75) is 18.6 Å². The van der Waals surface area contributed by atoms with Crippen molar-refractivity contribution >= 4 is 34.2 Å². The molecule has 1 unspecified atom stereocenters. The van der Waals surface area contributed by atoms with E-state index in [1.54, 1.807) is 17.8 Å². The van der Waals surface area contributed by atoms with Crippen molar-refractivity contribution < 1.29 is 9.55 Å². The van der Waals surface area contributed by atoms with Crippen molar-refractivity contribution in [1.82, 2.24) is 10.3 Å². The average molecular weight is 282 g/mol. The van der Waals surface area contributed by atoms with Gasteiger partial charge in [-0.3, -0.25) is 10.1 Å². The summed E-state index contributed by atoms with van der Waals surface area (Å²) in [6, 6.07) is 3.04. The molecule has 0 aliphatic heterocycles. The summed E-state index contributed by atoms with van der Waals surface area (Å²) in [5, 5.41) is 21.9. The number of hydrogen-bond donors (Lipinski definition) is 1. The van der Waals surface area contributed by atoms with Crippen LogP contribution in [0, 0.1) is 10.1 Å². The maximum absolute atomic E-state index is 10.8. The van der Waals surface area contributed by atoms with Gasteiger partial charge in [0.25, 0.3) is 0 Å². The van der Waals surface area contributed by atoms with E-state index in [4.69, 9.17) is 0 Å². The number of nitro benzene ring substituents is 1. The van der Waals surface area contributed by atoms with Gasteiger partial charge in [0, 0.05) is 17.9 Å². The van der Waals surface area contributed by atoms with Gasteiger partial charge in [-0.15, -0.1) is 0 Å². The third-order valence-electron chi connectivity index (χ3n) is 2.86. The standard InChI is InChI=1S/C11H14N4O3S/c1-7(19-2)5-6-12-8-3-4-9(15(16)17)11-10(8)13-18-14-11/h3-4,7,12H,5-6H2,1-2H3. The molecule has 1 N–H and O–H groups in total. The highest BCUT2D eigenvalue weighted by molar-refractivity contribution is 7.99. The third-order valence-corrected chi connectivity index (χ3v) is 3.90. The number of rotatable bonds is 6. The Morgan fingerprint density at radius 2 is 2.21 bits per heavy atom. The molecule has 0 aliphatic rings. The Bertz CT molecular complexity index is 586. The van der Waals surface area contributed by atoms with E-state index >= 15 is 0 Å². The fourth-order valence-electron chi connectivity index (χ4n) is 1.67. The van der Waals surface area contributed by atoms with Crippen LogP contribution >= 0.6 is 11.8 Å². The van der Waals surface area contributed by atoms with Crippen molar-refractivity contribution in [3.63, 3.8) is 0 Å². The van der Waals surface area contributed by atoms with Gasteiger partial charge in [-0.25, -0.2) is 4.63 Å². The second kappa shape index (κ2) is 5.87. The Morgan fingerprint density at radius 1 is 1.47 bits per heavy atom. The van der Waals surface area contributed by atoms with Crippen LogP contribution in [0.5, 0.6) is 0 Å². The van der Waals surface area contributed by atoms with Gasteiger partial charge in [0.1, 0.15) is 0 Å². The first-order valence-corrected chi connectivity index (χ1v) is 7.08. The van der Waals surface area contributed by atoms with Crippen LogP contribution in [0.25, 0.3) is 11.0 Å². The van der Waals surface area contributed by atoms with E-state index in [1.165, 1.54) is 6.07 Å². The molecule has 1 atom stereocenters. The Balaban J connectivity index is 2.18. The highest BCUT2D eigenvalue weighted by atomic mass is 32.2. The van der Waals surface area contributed by atoms with Gasteiger partial charge in [-0.1, -0.05) is 6.92 Å². The van der Waals surface area contributed by atoms with Crippen molar-refractivity contribution in [3.05, 3.63) is 22.2 Å². The number of thioether (sulfide) groups is 1. The largest absolute Gasteiger partial charge is 0.383 e. The maximum Gasteiger partial charge on any atom is 0.300 e. The summed E-state index contributed by atoms with van der Waals surface area (Å²) in [6.07, 6.45) is 3.06. The molecule has 1 aromatic carbocycles. The average Bonchev–Trinajstić information content (AvgIpc) is 2.87. The van der Waals surface area contributed by atoms with Crippen molar-refractivity contribution in [3.8, 4) is 0 Å². The first kappa shape index (κ1) is 13.6. The zero-order valence-electron chi connectivity index (χ0n) is 10.6. The van der Waals surface area contributed by atoms with Crippen molar-refractivity contribution in [1.29, 1.82) is 0 Å². The molecule has 1 aromatic heterocycles. The Labute approximate surface area is 113 Å². The van der Waals surface area contributed by atoms with E-state index in [1.807, 2.05) is 0 Å². The van der Waals surface area contributed by atoms with E-state index in [9.17, 15) is 10.1 Å². The van der Waals surface area contributed by atoms with Crippen molar-refractivity contribution in [2.75, 3.05) is 18.1 Å². The number of nitro groups is 1. The minimum Gasteiger partial charge on any atom is -0.383 e. The summed E-state index contributed by atoms with van der Waals surface area (Å²) in [5.41, 5.74) is 1.17. The Hall–Kier alpha value is -1.83. The smallest absolute Gasteiger partial charge is 0.300 e. The number of non-ortho nitro benzene ring substituents is 1. The van der Waals surface area contributed by atoms with Crippen LogP contribution in [-0.4, -0.2) is 33.3 Å². The van der Waals surface area contributed by atoms with E-state index < -0.39 is 4.92 Å². The highest BCUT2D eigenvalue weighted by Crippen LogP contribution is 2.28. The Kier molecular flexibility index (Phi) is 4.20.